The molecule has 1 saturated heterocycles. The third kappa shape index (κ3) is 2.48. The van der Waals surface area contributed by atoms with Gasteiger partial charge in [-0.1, -0.05) is 23.4 Å². The van der Waals surface area contributed by atoms with Gasteiger partial charge in [-0.25, -0.2) is 0 Å². The Kier molecular flexibility index (Phi) is 3.35. The highest BCUT2D eigenvalue weighted by Crippen LogP contribution is 2.28. The van der Waals surface area contributed by atoms with Crippen LogP contribution in [0.1, 0.15) is 24.7 Å². The Labute approximate surface area is 129 Å². The molecule has 22 heavy (non-hydrogen) atoms. The molecular weight excluding hydrogens is 276 g/mol. The average Bonchev–Trinajstić information content (AvgIpc) is 3.05. The summed E-state index contributed by atoms with van der Waals surface area (Å²) in [5.74, 6) is 1.77. The maximum absolute atomic E-state index is 5.50. The van der Waals surface area contributed by atoms with E-state index in [2.05, 4.69) is 33.1 Å². The molecule has 5 nitrogen and oxygen atoms in total. The van der Waals surface area contributed by atoms with Crippen molar-refractivity contribution in [1.82, 2.24) is 20.0 Å². The Hall–Kier alpha value is -2.27. The Morgan fingerprint density at radius 3 is 2.86 bits per heavy atom. The molecular formula is C17H18N4O. The van der Waals surface area contributed by atoms with Gasteiger partial charge in [0, 0.05) is 23.1 Å². The van der Waals surface area contributed by atoms with Gasteiger partial charge >= 0.3 is 0 Å². The predicted molar refractivity (Wildman–Crippen MR) is 84.5 cm³/mol. The highest BCUT2D eigenvalue weighted by Gasteiger charge is 2.24. The molecule has 0 amide bonds. The van der Waals surface area contributed by atoms with Crippen LogP contribution in [0.4, 0.5) is 0 Å². The summed E-state index contributed by atoms with van der Waals surface area (Å²) in [6, 6.07) is 10.1. The van der Waals surface area contributed by atoms with E-state index in [1.165, 1.54) is 0 Å². The van der Waals surface area contributed by atoms with E-state index >= 15 is 0 Å². The van der Waals surface area contributed by atoms with Crippen LogP contribution in [0.25, 0.3) is 22.3 Å². The number of pyridine rings is 1. The van der Waals surface area contributed by atoms with Crippen molar-refractivity contribution in [2.24, 2.45) is 0 Å². The molecule has 1 fully saturated rings. The van der Waals surface area contributed by atoms with E-state index in [0.717, 1.165) is 48.3 Å². The van der Waals surface area contributed by atoms with Gasteiger partial charge in [0.2, 0.25) is 11.7 Å². The molecule has 0 spiro atoms. The zero-order chi connectivity index (χ0) is 14.9. The van der Waals surface area contributed by atoms with Gasteiger partial charge in [0.15, 0.2) is 0 Å². The lowest BCUT2D eigenvalue weighted by Gasteiger charge is -2.26. The van der Waals surface area contributed by atoms with Crippen molar-refractivity contribution >= 4 is 10.9 Å². The van der Waals surface area contributed by atoms with Crippen molar-refractivity contribution in [3.8, 4) is 11.4 Å². The SMILES string of the molecule is CN1CCC(c2nc(-c3cnc4ccccc4c3)no2)CC1. The molecule has 1 aromatic carbocycles. The molecule has 5 heteroatoms. The second-order valence-corrected chi connectivity index (χ2v) is 5.95. The van der Waals surface area contributed by atoms with Crippen molar-refractivity contribution in [1.29, 1.82) is 0 Å². The van der Waals surface area contributed by atoms with Crippen LogP contribution in [0, 0.1) is 0 Å². The highest BCUT2D eigenvalue weighted by atomic mass is 16.5. The first-order valence-corrected chi connectivity index (χ1v) is 7.67. The number of hydrogen-bond acceptors (Lipinski definition) is 5. The normalized spacial score (nSPS) is 17.1. The first-order chi connectivity index (χ1) is 10.8. The number of nitrogens with zero attached hydrogens (tertiary/aromatic N) is 4. The number of benzene rings is 1. The molecule has 1 aliphatic rings. The highest BCUT2D eigenvalue weighted by molar-refractivity contribution is 5.82. The van der Waals surface area contributed by atoms with Crippen molar-refractivity contribution in [3.63, 3.8) is 0 Å². The molecule has 0 unspecified atom stereocenters. The summed E-state index contributed by atoms with van der Waals surface area (Å²) in [5, 5.41) is 5.24. The average molecular weight is 294 g/mol. The van der Waals surface area contributed by atoms with E-state index in [4.69, 9.17) is 4.52 Å². The molecule has 0 radical (unpaired) electrons. The quantitative estimate of drug-likeness (QED) is 0.727. The molecule has 112 valence electrons. The molecule has 0 saturated carbocycles. The molecule has 1 aliphatic heterocycles. The fraction of sp³-hybridized carbons (Fsp3) is 0.353. The summed E-state index contributed by atoms with van der Waals surface area (Å²) in [6.45, 7) is 2.17. The minimum absolute atomic E-state index is 0.380. The number of rotatable bonds is 2. The minimum atomic E-state index is 0.380. The Morgan fingerprint density at radius 2 is 2.00 bits per heavy atom. The van der Waals surface area contributed by atoms with Gasteiger partial charge in [0.05, 0.1) is 5.52 Å². The van der Waals surface area contributed by atoms with Crippen molar-refractivity contribution in [2.75, 3.05) is 20.1 Å². The maximum Gasteiger partial charge on any atom is 0.230 e. The Bertz CT molecular complexity index is 790. The largest absolute Gasteiger partial charge is 0.339 e. The monoisotopic (exact) mass is 294 g/mol. The topological polar surface area (TPSA) is 55.1 Å². The molecule has 0 N–H and O–H groups in total. The number of aromatic nitrogens is 3. The lowest BCUT2D eigenvalue weighted by molar-refractivity contribution is 0.227. The van der Waals surface area contributed by atoms with Crippen LogP contribution in [0.15, 0.2) is 41.1 Å². The molecule has 4 rings (SSSR count). The van der Waals surface area contributed by atoms with E-state index in [1.807, 2.05) is 30.5 Å². The standard InChI is InChI=1S/C17H18N4O/c1-21-8-6-12(7-9-21)17-19-16(20-22-17)14-10-13-4-2-3-5-15(13)18-11-14/h2-5,10-12H,6-9H2,1H3. The van der Waals surface area contributed by atoms with Crippen LogP contribution in [-0.4, -0.2) is 40.2 Å². The van der Waals surface area contributed by atoms with Crippen LogP contribution >= 0.6 is 0 Å². The van der Waals surface area contributed by atoms with E-state index < -0.39 is 0 Å². The van der Waals surface area contributed by atoms with E-state index in [-0.39, 0.29) is 0 Å². The van der Waals surface area contributed by atoms with Gasteiger partial charge in [0.25, 0.3) is 0 Å². The second kappa shape index (κ2) is 5.50. The van der Waals surface area contributed by atoms with Gasteiger partial charge in [-0.3, -0.25) is 4.98 Å². The zero-order valence-electron chi connectivity index (χ0n) is 12.6. The molecule has 0 atom stereocenters. The minimum Gasteiger partial charge on any atom is -0.339 e. The molecule has 0 aliphatic carbocycles. The summed E-state index contributed by atoms with van der Waals surface area (Å²) in [6.07, 6.45) is 3.97. The number of para-hydroxylation sites is 1. The first kappa shape index (κ1) is 13.4. The van der Waals surface area contributed by atoms with Gasteiger partial charge in [0.1, 0.15) is 0 Å². The summed E-state index contributed by atoms with van der Waals surface area (Å²) in [5.41, 5.74) is 1.88. The van der Waals surface area contributed by atoms with E-state index in [0.29, 0.717) is 11.7 Å². The van der Waals surface area contributed by atoms with E-state index in [9.17, 15) is 0 Å². The lowest BCUT2D eigenvalue weighted by Crippen LogP contribution is -2.29. The lowest BCUT2D eigenvalue weighted by atomic mass is 9.97. The van der Waals surface area contributed by atoms with Crippen LogP contribution in [-0.2, 0) is 0 Å². The second-order valence-electron chi connectivity index (χ2n) is 5.95. The van der Waals surface area contributed by atoms with Crippen LogP contribution < -0.4 is 0 Å². The maximum atomic E-state index is 5.50. The fourth-order valence-corrected chi connectivity index (χ4v) is 2.97. The summed E-state index contributed by atoms with van der Waals surface area (Å²) in [7, 11) is 2.15. The van der Waals surface area contributed by atoms with Crippen molar-refractivity contribution < 1.29 is 4.52 Å². The number of fused-ring (bicyclic) bond motifs is 1. The Morgan fingerprint density at radius 1 is 1.18 bits per heavy atom. The van der Waals surface area contributed by atoms with Gasteiger partial charge in [-0.15, -0.1) is 0 Å². The van der Waals surface area contributed by atoms with Crippen LogP contribution in [0.2, 0.25) is 0 Å². The summed E-state index contributed by atoms with van der Waals surface area (Å²) in [4.78, 5) is 11.4. The number of piperidine rings is 1. The first-order valence-electron chi connectivity index (χ1n) is 7.67. The molecule has 3 heterocycles. The predicted octanol–water partition coefficient (Wildman–Crippen LogP) is 3.09. The third-order valence-corrected chi connectivity index (χ3v) is 4.36. The van der Waals surface area contributed by atoms with Gasteiger partial charge in [-0.05, 0) is 45.1 Å². The summed E-state index contributed by atoms with van der Waals surface area (Å²) >= 11 is 0. The fourth-order valence-electron chi connectivity index (χ4n) is 2.97. The summed E-state index contributed by atoms with van der Waals surface area (Å²) < 4.78 is 5.50. The van der Waals surface area contributed by atoms with E-state index in [1.54, 1.807) is 0 Å². The molecule has 3 aromatic rings. The number of likely N-dealkylation sites (tertiary alicyclic amines) is 1. The molecule has 2 aromatic heterocycles. The Balaban J connectivity index is 1.62. The molecule has 0 bridgehead atoms. The van der Waals surface area contributed by atoms with Gasteiger partial charge < -0.3 is 9.42 Å². The smallest absolute Gasteiger partial charge is 0.230 e. The third-order valence-electron chi connectivity index (χ3n) is 4.36. The van der Waals surface area contributed by atoms with Crippen molar-refractivity contribution in [3.05, 3.63) is 42.4 Å². The number of hydrogen-bond donors (Lipinski definition) is 0. The van der Waals surface area contributed by atoms with Crippen LogP contribution in [0.3, 0.4) is 0 Å². The van der Waals surface area contributed by atoms with Crippen molar-refractivity contribution in [2.45, 2.75) is 18.8 Å². The van der Waals surface area contributed by atoms with Gasteiger partial charge in [-0.2, -0.15) is 4.98 Å². The zero-order valence-corrected chi connectivity index (χ0v) is 12.6. The van der Waals surface area contributed by atoms with Crippen LogP contribution in [0.5, 0.6) is 0 Å².